The highest BCUT2D eigenvalue weighted by Crippen LogP contribution is 2.32. The van der Waals surface area contributed by atoms with Gasteiger partial charge in [-0.15, -0.1) is 0 Å². The van der Waals surface area contributed by atoms with Gasteiger partial charge < -0.3 is 4.57 Å². The number of nitro groups is 1. The molecule has 0 saturated carbocycles. The van der Waals surface area contributed by atoms with E-state index in [1.54, 1.807) is 12.1 Å². The number of pyridine rings is 1. The molecular formula is C13H9Cl3N2O3. The number of aromatic nitrogens is 1. The monoisotopic (exact) mass is 346 g/mol. The van der Waals surface area contributed by atoms with Crippen LogP contribution in [-0.4, -0.2) is 9.49 Å². The van der Waals surface area contributed by atoms with Crippen LogP contribution in [0.25, 0.3) is 0 Å². The largest absolute Gasteiger partial charge is 0.302 e. The standard InChI is InChI=1S/C13H9Cl3N2O3/c1-7-11(18(20)21)4-5-12(19)17(7)6-8-9(14)2-3-10(15)13(8)16/h2-5H,6H2,1H3. The van der Waals surface area contributed by atoms with Crippen LogP contribution >= 0.6 is 34.8 Å². The maximum absolute atomic E-state index is 11.9. The summed E-state index contributed by atoms with van der Waals surface area (Å²) >= 11 is 18.1. The Morgan fingerprint density at radius 2 is 1.76 bits per heavy atom. The lowest BCUT2D eigenvalue weighted by Crippen LogP contribution is -2.23. The Labute approximate surface area is 134 Å². The van der Waals surface area contributed by atoms with Crippen molar-refractivity contribution in [2.45, 2.75) is 13.5 Å². The molecule has 2 aromatic rings. The predicted octanol–water partition coefficient (Wildman–Crippen LogP) is 4.07. The Morgan fingerprint density at radius 1 is 1.14 bits per heavy atom. The minimum atomic E-state index is -0.549. The molecule has 0 aliphatic heterocycles. The Hall–Kier alpha value is -1.56. The molecule has 8 heteroatoms. The van der Waals surface area contributed by atoms with Crippen LogP contribution in [0.4, 0.5) is 5.69 Å². The number of benzene rings is 1. The Balaban J connectivity index is 2.60. The molecule has 0 N–H and O–H groups in total. The third kappa shape index (κ3) is 3.05. The second-order valence-corrected chi connectivity index (χ2v) is 5.50. The van der Waals surface area contributed by atoms with Crippen LogP contribution in [0, 0.1) is 17.0 Å². The second-order valence-electron chi connectivity index (χ2n) is 4.31. The summed E-state index contributed by atoms with van der Waals surface area (Å²) in [5.41, 5.74) is 0.130. The average molecular weight is 348 g/mol. The van der Waals surface area contributed by atoms with Crippen LogP contribution in [0.5, 0.6) is 0 Å². The lowest BCUT2D eigenvalue weighted by molar-refractivity contribution is -0.386. The van der Waals surface area contributed by atoms with Crippen molar-refractivity contribution in [3.05, 3.63) is 71.1 Å². The normalized spacial score (nSPS) is 10.7. The van der Waals surface area contributed by atoms with E-state index in [0.29, 0.717) is 15.6 Å². The van der Waals surface area contributed by atoms with Crippen molar-refractivity contribution < 1.29 is 4.92 Å². The molecule has 5 nitrogen and oxygen atoms in total. The first-order chi connectivity index (χ1) is 9.82. The lowest BCUT2D eigenvalue weighted by atomic mass is 10.2. The number of hydrogen-bond donors (Lipinski definition) is 0. The van der Waals surface area contributed by atoms with Crippen LogP contribution in [0.1, 0.15) is 11.3 Å². The summed E-state index contributed by atoms with van der Waals surface area (Å²) in [6, 6.07) is 5.41. The van der Waals surface area contributed by atoms with E-state index < -0.39 is 4.92 Å². The van der Waals surface area contributed by atoms with Gasteiger partial charge in [0.05, 0.1) is 27.2 Å². The maximum Gasteiger partial charge on any atom is 0.288 e. The summed E-state index contributed by atoms with van der Waals surface area (Å²) in [4.78, 5) is 22.3. The van der Waals surface area contributed by atoms with E-state index >= 15 is 0 Å². The molecule has 21 heavy (non-hydrogen) atoms. The zero-order valence-corrected chi connectivity index (χ0v) is 13.0. The van der Waals surface area contributed by atoms with E-state index in [2.05, 4.69) is 0 Å². The maximum atomic E-state index is 11.9. The molecular weight excluding hydrogens is 339 g/mol. The van der Waals surface area contributed by atoms with Crippen LogP contribution < -0.4 is 5.56 Å². The number of halogens is 3. The molecule has 0 fully saturated rings. The first-order valence-corrected chi connectivity index (χ1v) is 6.93. The van der Waals surface area contributed by atoms with Gasteiger partial charge in [-0.25, -0.2) is 0 Å². The van der Waals surface area contributed by atoms with Crippen LogP contribution in [0.3, 0.4) is 0 Å². The Bertz CT molecular complexity index is 787. The fraction of sp³-hybridized carbons (Fsp3) is 0.154. The average Bonchev–Trinajstić information content (AvgIpc) is 2.42. The van der Waals surface area contributed by atoms with Gasteiger partial charge in [-0.05, 0) is 19.1 Å². The van der Waals surface area contributed by atoms with Gasteiger partial charge in [0.1, 0.15) is 0 Å². The van der Waals surface area contributed by atoms with E-state index in [1.807, 2.05) is 0 Å². The van der Waals surface area contributed by atoms with Crippen LogP contribution in [0.15, 0.2) is 29.1 Å². The third-order valence-electron chi connectivity index (χ3n) is 3.08. The van der Waals surface area contributed by atoms with Crippen molar-refractivity contribution in [3.63, 3.8) is 0 Å². The van der Waals surface area contributed by atoms with E-state index in [1.165, 1.54) is 17.6 Å². The molecule has 0 atom stereocenters. The lowest BCUT2D eigenvalue weighted by Gasteiger charge is -2.13. The smallest absolute Gasteiger partial charge is 0.288 e. The van der Waals surface area contributed by atoms with E-state index in [-0.39, 0.29) is 28.5 Å². The Kier molecular flexibility index (Phi) is 4.56. The Morgan fingerprint density at radius 3 is 2.38 bits per heavy atom. The van der Waals surface area contributed by atoms with E-state index in [9.17, 15) is 14.9 Å². The fourth-order valence-electron chi connectivity index (χ4n) is 1.93. The van der Waals surface area contributed by atoms with Gasteiger partial charge in [-0.2, -0.15) is 0 Å². The van der Waals surface area contributed by atoms with Crippen molar-refractivity contribution in [3.8, 4) is 0 Å². The van der Waals surface area contributed by atoms with E-state index in [4.69, 9.17) is 34.8 Å². The van der Waals surface area contributed by atoms with Crippen LogP contribution in [0.2, 0.25) is 15.1 Å². The molecule has 0 aliphatic carbocycles. The van der Waals surface area contributed by atoms with Crippen molar-refractivity contribution in [2.75, 3.05) is 0 Å². The van der Waals surface area contributed by atoms with Crippen LogP contribution in [-0.2, 0) is 6.54 Å². The molecule has 0 saturated heterocycles. The van der Waals surface area contributed by atoms with Gasteiger partial charge in [0.25, 0.3) is 11.2 Å². The minimum absolute atomic E-state index is 0.00454. The molecule has 110 valence electrons. The summed E-state index contributed by atoms with van der Waals surface area (Å²) in [6.45, 7) is 1.50. The van der Waals surface area contributed by atoms with Crippen molar-refractivity contribution >= 4 is 40.5 Å². The highest BCUT2D eigenvalue weighted by molar-refractivity contribution is 6.44. The van der Waals surface area contributed by atoms with Gasteiger partial charge in [0.15, 0.2) is 0 Å². The highest BCUT2D eigenvalue weighted by atomic mass is 35.5. The van der Waals surface area contributed by atoms with E-state index in [0.717, 1.165) is 6.07 Å². The molecule has 2 rings (SSSR count). The molecule has 0 unspecified atom stereocenters. The third-order valence-corrected chi connectivity index (χ3v) is 4.27. The number of rotatable bonds is 3. The fourth-order valence-corrected chi connectivity index (χ4v) is 2.59. The number of nitrogens with zero attached hydrogens (tertiary/aromatic N) is 2. The van der Waals surface area contributed by atoms with Crippen molar-refractivity contribution in [1.29, 1.82) is 0 Å². The van der Waals surface area contributed by atoms with Gasteiger partial charge in [-0.1, -0.05) is 34.8 Å². The van der Waals surface area contributed by atoms with Gasteiger partial charge in [0.2, 0.25) is 0 Å². The summed E-state index contributed by atoms with van der Waals surface area (Å²) in [7, 11) is 0. The summed E-state index contributed by atoms with van der Waals surface area (Å²) in [5.74, 6) is 0. The molecule has 0 spiro atoms. The zero-order chi connectivity index (χ0) is 15.7. The molecule has 0 amide bonds. The van der Waals surface area contributed by atoms with Gasteiger partial charge in [0, 0.05) is 22.7 Å². The van der Waals surface area contributed by atoms with Gasteiger partial charge >= 0.3 is 0 Å². The highest BCUT2D eigenvalue weighted by Gasteiger charge is 2.17. The first-order valence-electron chi connectivity index (χ1n) is 5.80. The summed E-state index contributed by atoms with van der Waals surface area (Å²) < 4.78 is 1.24. The van der Waals surface area contributed by atoms with Gasteiger partial charge in [-0.3, -0.25) is 14.9 Å². The molecule has 1 aromatic carbocycles. The SMILES string of the molecule is Cc1c([N+](=O)[O-])ccc(=O)n1Cc1c(Cl)ccc(Cl)c1Cl. The molecule has 0 aliphatic rings. The zero-order valence-electron chi connectivity index (χ0n) is 10.8. The summed E-state index contributed by atoms with van der Waals surface area (Å²) in [5, 5.41) is 11.8. The van der Waals surface area contributed by atoms with Crippen molar-refractivity contribution in [2.24, 2.45) is 0 Å². The quantitative estimate of drug-likeness (QED) is 0.477. The topological polar surface area (TPSA) is 65.1 Å². The first kappa shape index (κ1) is 15.8. The molecule has 0 radical (unpaired) electrons. The molecule has 0 bridgehead atoms. The predicted molar refractivity (Wildman–Crippen MR) is 82.7 cm³/mol. The number of hydrogen-bond acceptors (Lipinski definition) is 3. The minimum Gasteiger partial charge on any atom is -0.302 e. The molecule has 1 heterocycles. The second kappa shape index (κ2) is 6.05. The summed E-state index contributed by atoms with van der Waals surface area (Å²) in [6.07, 6.45) is 0. The molecule has 1 aromatic heterocycles. The van der Waals surface area contributed by atoms with Crippen molar-refractivity contribution in [1.82, 2.24) is 4.57 Å².